The molecule has 202 valence electrons. The number of benzene rings is 3. The lowest BCUT2D eigenvalue weighted by Crippen LogP contribution is -2.31. The van der Waals surface area contributed by atoms with Gasteiger partial charge in [0.1, 0.15) is 0 Å². The van der Waals surface area contributed by atoms with E-state index in [2.05, 4.69) is 17.2 Å². The molecule has 0 bridgehead atoms. The SMILES string of the molecule is C=C(NC)[C@H](N[C@H](CCc1ccc(C(F)(F)F)cc1)c1ccc(OC(C)C)c(OC)c1)c1ccccc1.[HH].[HH]. The summed E-state index contributed by atoms with van der Waals surface area (Å²) in [6, 6.07) is 20.8. The van der Waals surface area contributed by atoms with Crippen LogP contribution in [0.25, 0.3) is 0 Å². The minimum Gasteiger partial charge on any atom is -0.493 e. The number of hydrogen-bond acceptors (Lipinski definition) is 4. The van der Waals surface area contributed by atoms with Crippen molar-refractivity contribution in [3.8, 4) is 11.5 Å². The lowest BCUT2D eigenvalue weighted by Gasteiger charge is -2.29. The van der Waals surface area contributed by atoms with Crippen LogP contribution in [0.3, 0.4) is 0 Å². The Morgan fingerprint density at radius 1 is 0.946 bits per heavy atom. The molecule has 7 heteroatoms. The second-order valence-electron chi connectivity index (χ2n) is 9.15. The molecule has 2 N–H and O–H groups in total. The van der Waals surface area contributed by atoms with Crippen molar-refractivity contribution in [2.24, 2.45) is 0 Å². The molecule has 0 amide bonds. The Labute approximate surface area is 220 Å². The van der Waals surface area contributed by atoms with Crippen molar-refractivity contribution in [3.63, 3.8) is 0 Å². The molecule has 0 saturated heterocycles. The highest BCUT2D eigenvalue weighted by molar-refractivity contribution is 5.44. The Morgan fingerprint density at radius 2 is 1.62 bits per heavy atom. The van der Waals surface area contributed by atoms with Crippen molar-refractivity contribution in [2.45, 2.75) is 51.1 Å². The maximum absolute atomic E-state index is 13.0. The Balaban J connectivity index is 0.00000380. The normalized spacial score (nSPS) is 13.2. The van der Waals surface area contributed by atoms with Gasteiger partial charge in [-0.15, -0.1) is 0 Å². The van der Waals surface area contributed by atoms with E-state index in [9.17, 15) is 13.2 Å². The third-order valence-electron chi connectivity index (χ3n) is 6.13. The molecular weight excluding hydrogens is 477 g/mol. The minimum absolute atomic E-state index is 0. The molecule has 0 aliphatic rings. The predicted molar refractivity (Wildman–Crippen MR) is 146 cm³/mol. The average Bonchev–Trinajstić information content (AvgIpc) is 2.88. The lowest BCUT2D eigenvalue weighted by molar-refractivity contribution is -0.137. The Kier molecular flexibility index (Phi) is 9.64. The molecule has 4 nitrogen and oxygen atoms in total. The number of alkyl halides is 3. The molecule has 0 aromatic heterocycles. The van der Waals surface area contributed by atoms with Crippen LogP contribution in [0.5, 0.6) is 11.5 Å². The van der Waals surface area contributed by atoms with E-state index >= 15 is 0 Å². The Morgan fingerprint density at radius 3 is 2.19 bits per heavy atom. The van der Waals surface area contributed by atoms with Crippen LogP contribution in [-0.2, 0) is 12.6 Å². The second kappa shape index (κ2) is 12.7. The van der Waals surface area contributed by atoms with E-state index in [0.717, 1.165) is 34.5 Å². The van der Waals surface area contributed by atoms with Gasteiger partial charge in [0, 0.05) is 21.6 Å². The number of likely N-dealkylation sites (N-methyl/N-ethyl adjacent to an activating group) is 1. The van der Waals surface area contributed by atoms with Gasteiger partial charge in [-0.05, 0) is 67.6 Å². The second-order valence-corrected chi connectivity index (χ2v) is 9.15. The number of aryl methyl sites for hydroxylation is 1. The first-order chi connectivity index (χ1) is 17.6. The maximum atomic E-state index is 13.0. The van der Waals surface area contributed by atoms with E-state index in [-0.39, 0.29) is 21.0 Å². The van der Waals surface area contributed by atoms with E-state index in [1.165, 1.54) is 0 Å². The van der Waals surface area contributed by atoms with Crippen LogP contribution >= 0.6 is 0 Å². The van der Waals surface area contributed by atoms with Gasteiger partial charge >= 0.3 is 6.18 Å². The van der Waals surface area contributed by atoms with Crippen LogP contribution in [0.4, 0.5) is 13.2 Å². The summed E-state index contributed by atoms with van der Waals surface area (Å²) in [6.07, 6.45) is -3.14. The fourth-order valence-electron chi connectivity index (χ4n) is 4.16. The highest BCUT2D eigenvalue weighted by Crippen LogP contribution is 2.35. The zero-order valence-corrected chi connectivity index (χ0v) is 21.7. The highest BCUT2D eigenvalue weighted by atomic mass is 19.4. The molecule has 3 aromatic rings. The van der Waals surface area contributed by atoms with Crippen LogP contribution in [-0.4, -0.2) is 20.3 Å². The topological polar surface area (TPSA) is 42.5 Å². The van der Waals surface area contributed by atoms with Gasteiger partial charge in [0.05, 0.1) is 24.8 Å². The average molecular weight is 517 g/mol. The van der Waals surface area contributed by atoms with Gasteiger partial charge in [-0.1, -0.05) is 55.1 Å². The largest absolute Gasteiger partial charge is 0.493 e. The monoisotopic (exact) mass is 516 g/mol. The van der Waals surface area contributed by atoms with Gasteiger partial charge in [-0.25, -0.2) is 0 Å². The minimum atomic E-state index is -4.35. The molecular formula is C30H39F3N2O2. The van der Waals surface area contributed by atoms with Crippen molar-refractivity contribution in [1.82, 2.24) is 10.6 Å². The molecule has 0 fully saturated rings. The van der Waals surface area contributed by atoms with E-state index in [1.807, 2.05) is 69.4 Å². The van der Waals surface area contributed by atoms with Gasteiger partial charge in [-0.2, -0.15) is 13.2 Å². The molecule has 0 aliphatic heterocycles. The molecule has 0 saturated carbocycles. The third-order valence-corrected chi connectivity index (χ3v) is 6.13. The van der Waals surface area contributed by atoms with Crippen LogP contribution < -0.4 is 20.1 Å². The lowest BCUT2D eigenvalue weighted by atomic mass is 9.95. The summed E-state index contributed by atoms with van der Waals surface area (Å²) < 4.78 is 50.5. The molecule has 0 spiro atoms. The van der Waals surface area contributed by atoms with Gasteiger partial charge in [0.2, 0.25) is 0 Å². The van der Waals surface area contributed by atoms with Gasteiger partial charge in [0.25, 0.3) is 0 Å². The molecule has 0 unspecified atom stereocenters. The summed E-state index contributed by atoms with van der Waals surface area (Å²) in [5, 5.41) is 6.88. The van der Waals surface area contributed by atoms with Crippen molar-refractivity contribution in [2.75, 3.05) is 14.2 Å². The van der Waals surface area contributed by atoms with Crippen LogP contribution in [0.15, 0.2) is 85.1 Å². The first kappa shape index (κ1) is 28.1. The van der Waals surface area contributed by atoms with Crippen LogP contribution in [0.2, 0.25) is 0 Å². The fraction of sp³-hybridized carbons (Fsp3) is 0.333. The summed E-state index contributed by atoms with van der Waals surface area (Å²) >= 11 is 0. The van der Waals surface area contributed by atoms with Gasteiger partial charge in [0.15, 0.2) is 11.5 Å². The standard InChI is InChI=1S/C30H35F3N2O2.2H2/c1-20(2)37-27-18-14-24(19-28(27)36-5)26(17-13-22-11-15-25(16-12-22)30(31,32)33)35-29(21(3)34-4)23-9-7-6-8-10-23;;/h6-12,14-16,18-20,26,29,34-35H,3,13,17H2,1-2,4-5H3;2*1H/t26-,29+;;/m1../s1. The molecule has 0 heterocycles. The predicted octanol–water partition coefficient (Wildman–Crippen LogP) is 7.73. The smallest absolute Gasteiger partial charge is 0.416 e. The Hall–Kier alpha value is -3.45. The van der Waals surface area contributed by atoms with Crippen molar-refractivity contribution >= 4 is 0 Å². The fourth-order valence-corrected chi connectivity index (χ4v) is 4.16. The van der Waals surface area contributed by atoms with Gasteiger partial charge in [-0.3, -0.25) is 5.32 Å². The van der Waals surface area contributed by atoms with Crippen LogP contribution in [0, 0.1) is 0 Å². The van der Waals surface area contributed by atoms with E-state index < -0.39 is 11.7 Å². The summed E-state index contributed by atoms with van der Waals surface area (Å²) in [4.78, 5) is 0. The number of halogens is 3. The van der Waals surface area contributed by atoms with Gasteiger partial charge < -0.3 is 14.8 Å². The summed E-state index contributed by atoms with van der Waals surface area (Å²) in [6.45, 7) is 8.11. The number of ether oxygens (including phenoxy) is 2. The molecule has 2 atom stereocenters. The first-order valence-corrected chi connectivity index (χ1v) is 12.3. The summed E-state index contributed by atoms with van der Waals surface area (Å²) in [5.74, 6) is 1.28. The van der Waals surface area contributed by atoms with E-state index in [1.54, 1.807) is 19.2 Å². The van der Waals surface area contributed by atoms with Crippen molar-refractivity contribution < 1.29 is 25.5 Å². The third kappa shape index (κ3) is 7.76. The van der Waals surface area contributed by atoms with Crippen molar-refractivity contribution in [3.05, 3.63) is 107 Å². The molecule has 0 aliphatic carbocycles. The first-order valence-electron chi connectivity index (χ1n) is 12.3. The molecule has 3 aromatic carbocycles. The molecule has 0 radical (unpaired) electrons. The number of rotatable bonds is 12. The summed E-state index contributed by atoms with van der Waals surface area (Å²) in [7, 11) is 3.44. The van der Waals surface area contributed by atoms with E-state index in [0.29, 0.717) is 24.3 Å². The molecule has 3 rings (SSSR count). The number of nitrogens with one attached hydrogen (secondary N) is 2. The number of hydrogen-bond donors (Lipinski definition) is 2. The van der Waals surface area contributed by atoms with Crippen LogP contribution in [0.1, 0.15) is 57.5 Å². The zero-order chi connectivity index (χ0) is 27.0. The Bertz CT molecular complexity index is 1160. The number of methoxy groups -OCH3 is 1. The quantitative estimate of drug-likeness (QED) is 0.258. The van der Waals surface area contributed by atoms with E-state index in [4.69, 9.17) is 9.47 Å². The summed E-state index contributed by atoms with van der Waals surface area (Å²) in [5.41, 5.74) is 3.01. The maximum Gasteiger partial charge on any atom is 0.416 e. The zero-order valence-electron chi connectivity index (χ0n) is 21.7. The highest BCUT2D eigenvalue weighted by Gasteiger charge is 2.30. The van der Waals surface area contributed by atoms with Crippen molar-refractivity contribution in [1.29, 1.82) is 0 Å². The molecule has 37 heavy (non-hydrogen) atoms.